The van der Waals surface area contributed by atoms with E-state index in [4.69, 9.17) is 11.6 Å². The number of amides is 1. The smallest absolute Gasteiger partial charge is 0.266 e. The van der Waals surface area contributed by atoms with Gasteiger partial charge in [-0.3, -0.25) is 19.6 Å². The number of rotatable bonds is 4. The highest BCUT2D eigenvalue weighted by Crippen LogP contribution is 2.19. The summed E-state index contributed by atoms with van der Waals surface area (Å²) in [6.45, 7) is 1.57. The molecular weight excluding hydrogens is 408 g/mol. The van der Waals surface area contributed by atoms with Crippen LogP contribution < -0.4 is 16.4 Å². The van der Waals surface area contributed by atoms with Crippen molar-refractivity contribution in [2.24, 2.45) is 0 Å². The van der Waals surface area contributed by atoms with E-state index in [0.717, 1.165) is 4.47 Å². The van der Waals surface area contributed by atoms with Gasteiger partial charge >= 0.3 is 0 Å². The van der Waals surface area contributed by atoms with Crippen LogP contribution in [0.2, 0.25) is 5.02 Å². The van der Waals surface area contributed by atoms with E-state index >= 15 is 0 Å². The first-order valence-corrected chi connectivity index (χ1v) is 8.59. The number of carbonyl (C=O) groups is 1. The molecule has 0 aliphatic heterocycles. The highest BCUT2D eigenvalue weighted by Gasteiger charge is 2.13. The maximum absolute atomic E-state index is 13.1. The van der Waals surface area contributed by atoms with Crippen LogP contribution in [0, 0.1) is 0 Å². The molecule has 0 saturated heterocycles. The Balaban J connectivity index is 2.20. The molecule has 0 fully saturated rings. The Morgan fingerprint density at radius 1 is 1.28 bits per heavy atom. The van der Waals surface area contributed by atoms with Crippen molar-refractivity contribution in [3.63, 3.8) is 0 Å². The predicted molar refractivity (Wildman–Crippen MR) is 101 cm³/mol. The van der Waals surface area contributed by atoms with Crippen molar-refractivity contribution in [1.29, 1.82) is 0 Å². The number of hydrogen-bond donors (Lipinski definition) is 2. The molecule has 0 unspecified atom stereocenters. The third-order valence-electron chi connectivity index (χ3n) is 3.48. The Kier molecular flexibility index (Phi) is 5.17. The van der Waals surface area contributed by atoms with Crippen molar-refractivity contribution < 1.29 is 4.79 Å². The number of hydrogen-bond acceptors (Lipinski definition) is 4. The van der Waals surface area contributed by atoms with Crippen LogP contribution in [0.3, 0.4) is 0 Å². The minimum Gasteiger partial charge on any atom is -0.291 e. The molecule has 6 nitrogen and oxygen atoms in total. The molecule has 1 aromatic heterocycles. The van der Waals surface area contributed by atoms with Gasteiger partial charge < -0.3 is 0 Å². The van der Waals surface area contributed by atoms with E-state index in [1.165, 1.54) is 11.5 Å². The second-order valence-corrected chi connectivity index (χ2v) is 6.70. The van der Waals surface area contributed by atoms with Gasteiger partial charge in [0.2, 0.25) is 5.91 Å². The maximum atomic E-state index is 13.1. The summed E-state index contributed by atoms with van der Waals surface area (Å²) in [6.07, 6.45) is 0. The number of fused-ring (bicyclic) bond motifs is 1. The summed E-state index contributed by atoms with van der Waals surface area (Å²) in [5.74, 6) is 0.220. The molecule has 25 heavy (non-hydrogen) atoms. The van der Waals surface area contributed by atoms with Gasteiger partial charge in [-0.2, -0.15) is 0 Å². The highest BCUT2D eigenvalue weighted by molar-refractivity contribution is 9.10. The van der Waals surface area contributed by atoms with Gasteiger partial charge in [0.05, 0.1) is 23.1 Å². The largest absolute Gasteiger partial charge is 0.291 e. The molecule has 0 aliphatic carbocycles. The van der Waals surface area contributed by atoms with Crippen molar-refractivity contribution in [3.8, 4) is 5.69 Å². The van der Waals surface area contributed by atoms with Crippen LogP contribution in [0.15, 0.2) is 51.7 Å². The zero-order valence-electron chi connectivity index (χ0n) is 13.2. The van der Waals surface area contributed by atoms with Crippen LogP contribution in [0.25, 0.3) is 16.6 Å². The van der Waals surface area contributed by atoms with E-state index in [2.05, 4.69) is 31.8 Å². The van der Waals surface area contributed by atoms with E-state index < -0.39 is 0 Å². The Bertz CT molecular complexity index is 1020. The van der Waals surface area contributed by atoms with Crippen molar-refractivity contribution in [2.75, 3.05) is 0 Å². The predicted octanol–water partition coefficient (Wildman–Crippen LogP) is 2.94. The minimum atomic E-state index is -0.235. The van der Waals surface area contributed by atoms with Crippen LogP contribution in [-0.4, -0.2) is 15.5 Å². The van der Waals surface area contributed by atoms with E-state index in [1.807, 2.05) is 6.07 Å². The highest BCUT2D eigenvalue weighted by atomic mass is 79.9. The van der Waals surface area contributed by atoms with Crippen molar-refractivity contribution in [2.45, 2.75) is 13.5 Å². The molecular formula is C17H14BrClN4O2. The number of nitrogens with one attached hydrogen (secondary N) is 2. The van der Waals surface area contributed by atoms with E-state index in [1.54, 1.807) is 36.4 Å². The lowest BCUT2D eigenvalue weighted by Gasteiger charge is -2.14. The lowest BCUT2D eigenvalue weighted by Crippen LogP contribution is -2.37. The Morgan fingerprint density at radius 2 is 2.08 bits per heavy atom. The van der Waals surface area contributed by atoms with E-state index in [0.29, 0.717) is 27.4 Å². The average Bonchev–Trinajstić information content (AvgIpc) is 2.55. The lowest BCUT2D eigenvalue weighted by molar-refractivity contribution is -0.119. The molecule has 0 atom stereocenters. The molecule has 8 heteroatoms. The first kappa shape index (κ1) is 17.6. The number of benzene rings is 2. The fourth-order valence-electron chi connectivity index (χ4n) is 2.45. The first-order chi connectivity index (χ1) is 12.0. The molecule has 0 spiro atoms. The van der Waals surface area contributed by atoms with Crippen LogP contribution in [0.1, 0.15) is 12.7 Å². The third-order valence-corrected chi connectivity index (χ3v) is 4.21. The monoisotopic (exact) mass is 420 g/mol. The molecule has 2 N–H and O–H groups in total. The van der Waals surface area contributed by atoms with Gasteiger partial charge in [0.25, 0.3) is 5.56 Å². The standard InChI is InChI=1S/C17H14BrClN4O2/c1-10(24)22-20-9-16-21-15-6-5-11(18)7-14(15)17(25)23(16)13-4-2-3-12(19)8-13/h2-8,20H,9H2,1H3,(H,22,24). The molecule has 3 rings (SSSR count). The molecule has 0 bridgehead atoms. The minimum absolute atomic E-state index is 0.174. The van der Waals surface area contributed by atoms with E-state index in [9.17, 15) is 9.59 Å². The van der Waals surface area contributed by atoms with Crippen molar-refractivity contribution >= 4 is 44.3 Å². The van der Waals surface area contributed by atoms with Gasteiger partial charge in [0.15, 0.2) is 0 Å². The summed E-state index contributed by atoms with van der Waals surface area (Å²) < 4.78 is 2.27. The summed E-state index contributed by atoms with van der Waals surface area (Å²) in [7, 11) is 0. The Morgan fingerprint density at radius 3 is 2.80 bits per heavy atom. The summed E-state index contributed by atoms with van der Waals surface area (Å²) in [5, 5.41) is 0.997. The fraction of sp³-hybridized carbons (Fsp3) is 0.118. The fourth-order valence-corrected chi connectivity index (χ4v) is 3.00. The normalized spacial score (nSPS) is 10.8. The summed E-state index contributed by atoms with van der Waals surface area (Å²) in [4.78, 5) is 28.7. The first-order valence-electron chi connectivity index (χ1n) is 7.42. The van der Waals surface area contributed by atoms with Crippen LogP contribution in [-0.2, 0) is 11.3 Å². The topological polar surface area (TPSA) is 76.0 Å². The quantitative estimate of drug-likeness (QED) is 0.635. The number of carbonyl (C=O) groups excluding carboxylic acids is 1. The molecule has 0 saturated carbocycles. The maximum Gasteiger partial charge on any atom is 0.266 e. The van der Waals surface area contributed by atoms with Crippen LogP contribution >= 0.6 is 27.5 Å². The molecule has 2 aromatic carbocycles. The second-order valence-electron chi connectivity index (χ2n) is 5.34. The Hall–Kier alpha value is -2.22. The Labute approximate surface area is 156 Å². The van der Waals surface area contributed by atoms with Crippen molar-refractivity contribution in [1.82, 2.24) is 20.4 Å². The van der Waals surface area contributed by atoms with Crippen molar-refractivity contribution in [3.05, 3.63) is 68.1 Å². The zero-order chi connectivity index (χ0) is 18.0. The number of nitrogens with zero attached hydrogens (tertiary/aromatic N) is 2. The SMILES string of the molecule is CC(=O)NNCc1nc2ccc(Br)cc2c(=O)n1-c1cccc(Cl)c1. The number of aromatic nitrogens is 2. The van der Waals surface area contributed by atoms with Gasteiger partial charge in [-0.15, -0.1) is 0 Å². The average molecular weight is 422 g/mol. The summed E-state index contributed by atoms with van der Waals surface area (Å²) in [5.41, 5.74) is 6.21. The summed E-state index contributed by atoms with van der Waals surface area (Å²) >= 11 is 9.45. The van der Waals surface area contributed by atoms with Gasteiger partial charge in [-0.1, -0.05) is 33.6 Å². The lowest BCUT2D eigenvalue weighted by atomic mass is 10.2. The molecule has 1 heterocycles. The van der Waals surface area contributed by atoms with Gasteiger partial charge in [0, 0.05) is 16.4 Å². The van der Waals surface area contributed by atoms with Gasteiger partial charge in [0.1, 0.15) is 5.82 Å². The van der Waals surface area contributed by atoms with Crippen LogP contribution in [0.5, 0.6) is 0 Å². The number of hydrazine groups is 1. The molecule has 1 amide bonds. The van der Waals surface area contributed by atoms with Gasteiger partial charge in [-0.25, -0.2) is 10.4 Å². The second kappa shape index (κ2) is 7.35. The molecule has 0 radical (unpaired) electrons. The van der Waals surface area contributed by atoms with Gasteiger partial charge in [-0.05, 0) is 36.4 Å². The third kappa shape index (κ3) is 3.89. The molecule has 128 valence electrons. The zero-order valence-corrected chi connectivity index (χ0v) is 15.6. The molecule has 0 aliphatic rings. The molecule has 3 aromatic rings. The summed E-state index contributed by atoms with van der Waals surface area (Å²) in [6, 6.07) is 12.3. The van der Waals surface area contributed by atoms with Crippen LogP contribution in [0.4, 0.5) is 0 Å². The van der Waals surface area contributed by atoms with E-state index in [-0.39, 0.29) is 18.0 Å². The number of halogens is 2.